The number of nitrogens with one attached hydrogen (secondary N) is 1. The molecule has 122 valence electrons. The van der Waals surface area contributed by atoms with Crippen LogP contribution in [0, 0.1) is 0 Å². The highest BCUT2D eigenvalue weighted by atomic mass is 16.5. The molecule has 0 aliphatic carbocycles. The molecule has 0 bridgehead atoms. The summed E-state index contributed by atoms with van der Waals surface area (Å²) in [4.78, 5) is 18.6. The predicted octanol–water partition coefficient (Wildman–Crippen LogP) is 1.53. The van der Waals surface area contributed by atoms with Gasteiger partial charge in [-0.2, -0.15) is 5.10 Å². The molecular weight excluding hydrogens is 294 g/mol. The van der Waals surface area contributed by atoms with Gasteiger partial charge < -0.3 is 15.0 Å². The van der Waals surface area contributed by atoms with Crippen LogP contribution in [0.25, 0.3) is 0 Å². The van der Waals surface area contributed by atoms with Crippen molar-refractivity contribution in [1.29, 1.82) is 0 Å². The fraction of sp³-hybridized carbons (Fsp3) is 0.438. The smallest absolute Gasteiger partial charge is 0.246 e. The molecule has 2 atom stereocenters. The zero-order valence-electron chi connectivity index (χ0n) is 13.3. The van der Waals surface area contributed by atoms with Gasteiger partial charge in [0, 0.05) is 25.5 Å². The average Bonchev–Trinajstić information content (AvgIpc) is 2.99. The second kappa shape index (κ2) is 6.78. The summed E-state index contributed by atoms with van der Waals surface area (Å²) < 4.78 is 7.31. The second-order valence-electron chi connectivity index (χ2n) is 5.82. The number of hydrogen-bond acceptors (Lipinski definition) is 5. The predicted molar refractivity (Wildman–Crippen MR) is 87.3 cm³/mol. The average molecular weight is 315 g/mol. The number of anilines is 2. The molecule has 1 N–H and O–H groups in total. The molecule has 7 heteroatoms. The molecule has 23 heavy (non-hydrogen) atoms. The van der Waals surface area contributed by atoms with E-state index in [4.69, 9.17) is 4.74 Å². The summed E-state index contributed by atoms with van der Waals surface area (Å²) in [6, 6.07) is 5.58. The van der Waals surface area contributed by atoms with E-state index in [-0.39, 0.29) is 24.7 Å². The third-order valence-corrected chi connectivity index (χ3v) is 3.64. The van der Waals surface area contributed by atoms with Crippen molar-refractivity contribution in [1.82, 2.24) is 14.8 Å². The Morgan fingerprint density at radius 2 is 2.13 bits per heavy atom. The van der Waals surface area contributed by atoms with Gasteiger partial charge in [0.2, 0.25) is 5.91 Å². The van der Waals surface area contributed by atoms with Gasteiger partial charge in [-0.15, -0.1) is 0 Å². The van der Waals surface area contributed by atoms with E-state index in [0.717, 1.165) is 18.9 Å². The Hall–Kier alpha value is -2.41. The maximum absolute atomic E-state index is 11.9. The normalized spacial score (nSPS) is 21.2. The number of aromatic nitrogens is 3. The number of nitrogens with zero attached hydrogens (tertiary/aromatic N) is 4. The van der Waals surface area contributed by atoms with Crippen LogP contribution in [-0.2, 0) is 16.1 Å². The Kier molecular flexibility index (Phi) is 4.57. The van der Waals surface area contributed by atoms with Gasteiger partial charge in [-0.3, -0.25) is 9.48 Å². The molecule has 1 aliphatic heterocycles. The van der Waals surface area contributed by atoms with Crippen molar-refractivity contribution in [2.24, 2.45) is 0 Å². The number of amides is 1. The molecule has 1 aliphatic rings. The number of rotatable bonds is 4. The van der Waals surface area contributed by atoms with Crippen LogP contribution in [0.5, 0.6) is 0 Å². The standard InChI is InChI=1S/C16H21N5O2/c1-12-9-20(10-13(2)23-12)15-5-4-14(8-17-15)19-16(22)11-21-7-3-6-18-21/h3-8,12-13H,9-11H2,1-2H3,(H,19,22). The van der Waals surface area contributed by atoms with Crippen molar-refractivity contribution in [2.45, 2.75) is 32.6 Å². The Morgan fingerprint density at radius 3 is 2.74 bits per heavy atom. The van der Waals surface area contributed by atoms with Crippen LogP contribution in [0.4, 0.5) is 11.5 Å². The molecule has 0 radical (unpaired) electrons. The highest BCUT2D eigenvalue weighted by Gasteiger charge is 2.23. The molecular formula is C16H21N5O2. The Labute approximate surface area is 135 Å². The largest absolute Gasteiger partial charge is 0.372 e. The summed E-state index contributed by atoms with van der Waals surface area (Å²) in [6.07, 6.45) is 5.46. The first kappa shape index (κ1) is 15.5. The van der Waals surface area contributed by atoms with Gasteiger partial charge in [0.1, 0.15) is 12.4 Å². The lowest BCUT2D eigenvalue weighted by molar-refractivity contribution is -0.116. The Bertz CT molecular complexity index is 631. The van der Waals surface area contributed by atoms with E-state index in [1.54, 1.807) is 29.3 Å². The summed E-state index contributed by atoms with van der Waals surface area (Å²) >= 11 is 0. The van der Waals surface area contributed by atoms with Crippen LogP contribution in [0.15, 0.2) is 36.8 Å². The Morgan fingerprint density at radius 1 is 1.35 bits per heavy atom. The lowest BCUT2D eigenvalue weighted by Gasteiger charge is -2.36. The van der Waals surface area contributed by atoms with E-state index < -0.39 is 0 Å². The second-order valence-corrected chi connectivity index (χ2v) is 5.82. The molecule has 2 aromatic heterocycles. The van der Waals surface area contributed by atoms with Crippen molar-refractivity contribution in [3.63, 3.8) is 0 Å². The number of carbonyl (C=O) groups is 1. The van der Waals surface area contributed by atoms with Crippen molar-refractivity contribution in [2.75, 3.05) is 23.3 Å². The topological polar surface area (TPSA) is 72.3 Å². The number of pyridine rings is 1. The SMILES string of the molecule is CC1CN(c2ccc(NC(=O)Cn3cccn3)cn2)CC(C)O1. The molecule has 3 heterocycles. The first-order valence-corrected chi connectivity index (χ1v) is 7.74. The first-order chi connectivity index (χ1) is 11.1. The van der Waals surface area contributed by atoms with Crippen LogP contribution in [0.3, 0.4) is 0 Å². The summed E-state index contributed by atoms with van der Waals surface area (Å²) in [5, 5.41) is 6.83. The van der Waals surface area contributed by atoms with E-state index in [1.165, 1.54) is 0 Å². The highest BCUT2D eigenvalue weighted by molar-refractivity contribution is 5.90. The van der Waals surface area contributed by atoms with Crippen LogP contribution < -0.4 is 10.2 Å². The number of ether oxygens (including phenoxy) is 1. The zero-order valence-corrected chi connectivity index (χ0v) is 13.3. The fourth-order valence-electron chi connectivity index (χ4n) is 2.75. The molecule has 7 nitrogen and oxygen atoms in total. The molecule has 2 unspecified atom stereocenters. The molecule has 0 aromatic carbocycles. The molecule has 2 aromatic rings. The number of hydrogen-bond donors (Lipinski definition) is 1. The maximum atomic E-state index is 11.9. The van der Waals surface area contributed by atoms with Crippen LogP contribution in [0.1, 0.15) is 13.8 Å². The third-order valence-electron chi connectivity index (χ3n) is 3.64. The maximum Gasteiger partial charge on any atom is 0.246 e. The Balaban J connectivity index is 1.59. The van der Waals surface area contributed by atoms with Gasteiger partial charge in [0.25, 0.3) is 0 Å². The lowest BCUT2D eigenvalue weighted by atomic mass is 10.2. The zero-order chi connectivity index (χ0) is 16.2. The minimum Gasteiger partial charge on any atom is -0.372 e. The van der Waals surface area contributed by atoms with Gasteiger partial charge >= 0.3 is 0 Å². The quantitative estimate of drug-likeness (QED) is 0.926. The van der Waals surface area contributed by atoms with Crippen LogP contribution in [-0.4, -0.2) is 46.0 Å². The van der Waals surface area contributed by atoms with E-state index in [0.29, 0.717) is 5.69 Å². The van der Waals surface area contributed by atoms with Crippen molar-refractivity contribution in [3.05, 3.63) is 36.8 Å². The number of morpholine rings is 1. The minimum atomic E-state index is -0.128. The molecule has 1 saturated heterocycles. The molecule has 3 rings (SSSR count). The van der Waals surface area contributed by atoms with Crippen molar-refractivity contribution >= 4 is 17.4 Å². The van der Waals surface area contributed by atoms with Crippen LogP contribution >= 0.6 is 0 Å². The number of carbonyl (C=O) groups excluding carboxylic acids is 1. The summed E-state index contributed by atoms with van der Waals surface area (Å²) in [5.74, 6) is 0.772. The van der Waals surface area contributed by atoms with Crippen LogP contribution in [0.2, 0.25) is 0 Å². The van der Waals surface area contributed by atoms with E-state index in [2.05, 4.69) is 34.1 Å². The molecule has 0 saturated carbocycles. The lowest BCUT2D eigenvalue weighted by Crippen LogP contribution is -2.45. The van der Waals surface area contributed by atoms with Gasteiger partial charge in [0.15, 0.2) is 0 Å². The summed E-state index contributed by atoms with van der Waals surface area (Å²) in [5.41, 5.74) is 0.681. The molecule has 0 spiro atoms. The van der Waals surface area contributed by atoms with Crippen molar-refractivity contribution < 1.29 is 9.53 Å². The van der Waals surface area contributed by atoms with Gasteiger partial charge in [-0.05, 0) is 32.0 Å². The van der Waals surface area contributed by atoms with Gasteiger partial charge in [-0.1, -0.05) is 0 Å². The van der Waals surface area contributed by atoms with Gasteiger partial charge in [0.05, 0.1) is 24.1 Å². The monoisotopic (exact) mass is 315 g/mol. The van der Waals surface area contributed by atoms with E-state index >= 15 is 0 Å². The van der Waals surface area contributed by atoms with Crippen molar-refractivity contribution in [3.8, 4) is 0 Å². The minimum absolute atomic E-state index is 0.128. The first-order valence-electron chi connectivity index (χ1n) is 7.74. The molecule has 1 fully saturated rings. The van der Waals surface area contributed by atoms with E-state index in [1.807, 2.05) is 12.1 Å². The fourth-order valence-corrected chi connectivity index (χ4v) is 2.75. The summed E-state index contributed by atoms with van der Waals surface area (Å²) in [7, 11) is 0. The molecule has 1 amide bonds. The third kappa shape index (κ3) is 4.07. The summed E-state index contributed by atoms with van der Waals surface area (Å²) in [6.45, 7) is 5.96. The van der Waals surface area contributed by atoms with Gasteiger partial charge in [-0.25, -0.2) is 4.98 Å². The van der Waals surface area contributed by atoms with E-state index in [9.17, 15) is 4.79 Å². The highest BCUT2D eigenvalue weighted by Crippen LogP contribution is 2.19.